The minimum absolute atomic E-state index is 0.143. The maximum Gasteiger partial charge on any atom is 0.123 e. The molecular weight excluding hydrogens is 229 g/mol. The SMILES string of the molecule is Cc1ccc(F)cc1C(Cc1ccccn1)NN. The molecule has 2 aromatic rings. The molecule has 0 aliphatic rings. The molecule has 0 saturated carbocycles. The molecular formula is C14H16FN3. The lowest BCUT2D eigenvalue weighted by atomic mass is 9.97. The van der Waals surface area contributed by atoms with Crippen LogP contribution in [0.3, 0.4) is 0 Å². The molecule has 94 valence electrons. The molecule has 2 rings (SSSR count). The number of nitrogens with one attached hydrogen (secondary N) is 1. The Morgan fingerprint density at radius 1 is 1.33 bits per heavy atom. The Morgan fingerprint density at radius 3 is 2.83 bits per heavy atom. The molecule has 0 fully saturated rings. The van der Waals surface area contributed by atoms with Crippen LogP contribution >= 0.6 is 0 Å². The second kappa shape index (κ2) is 5.71. The van der Waals surface area contributed by atoms with Crippen LogP contribution in [-0.4, -0.2) is 4.98 Å². The Kier molecular flexibility index (Phi) is 4.02. The highest BCUT2D eigenvalue weighted by Gasteiger charge is 2.14. The van der Waals surface area contributed by atoms with E-state index in [1.165, 1.54) is 12.1 Å². The average Bonchev–Trinajstić information content (AvgIpc) is 2.40. The molecule has 3 N–H and O–H groups in total. The van der Waals surface area contributed by atoms with Crippen molar-refractivity contribution < 1.29 is 4.39 Å². The summed E-state index contributed by atoms with van der Waals surface area (Å²) in [4.78, 5) is 4.25. The Labute approximate surface area is 106 Å². The van der Waals surface area contributed by atoms with Crippen molar-refractivity contribution >= 4 is 0 Å². The maximum absolute atomic E-state index is 13.3. The van der Waals surface area contributed by atoms with E-state index in [2.05, 4.69) is 10.4 Å². The van der Waals surface area contributed by atoms with Crippen molar-refractivity contribution in [3.8, 4) is 0 Å². The lowest BCUT2D eigenvalue weighted by molar-refractivity contribution is 0.536. The van der Waals surface area contributed by atoms with Gasteiger partial charge in [0.15, 0.2) is 0 Å². The second-order valence-electron chi connectivity index (χ2n) is 4.25. The largest absolute Gasteiger partial charge is 0.271 e. The molecule has 1 heterocycles. The molecule has 0 aliphatic heterocycles. The van der Waals surface area contributed by atoms with Crippen LogP contribution in [0.5, 0.6) is 0 Å². The first-order valence-electron chi connectivity index (χ1n) is 5.83. The Morgan fingerprint density at radius 2 is 2.17 bits per heavy atom. The summed E-state index contributed by atoms with van der Waals surface area (Å²) in [6, 6.07) is 10.3. The van der Waals surface area contributed by atoms with E-state index in [1.807, 2.05) is 25.1 Å². The summed E-state index contributed by atoms with van der Waals surface area (Å²) in [5.74, 6) is 5.32. The zero-order valence-electron chi connectivity index (χ0n) is 10.2. The van der Waals surface area contributed by atoms with Gasteiger partial charge in [0.25, 0.3) is 0 Å². The van der Waals surface area contributed by atoms with E-state index in [-0.39, 0.29) is 11.9 Å². The maximum atomic E-state index is 13.3. The van der Waals surface area contributed by atoms with Gasteiger partial charge >= 0.3 is 0 Å². The highest BCUT2D eigenvalue weighted by atomic mass is 19.1. The van der Waals surface area contributed by atoms with Gasteiger partial charge in [-0.3, -0.25) is 16.3 Å². The fraction of sp³-hybridized carbons (Fsp3) is 0.214. The third-order valence-corrected chi connectivity index (χ3v) is 2.96. The molecule has 1 aromatic carbocycles. The van der Waals surface area contributed by atoms with E-state index in [1.54, 1.807) is 12.3 Å². The van der Waals surface area contributed by atoms with Gasteiger partial charge in [0.05, 0.1) is 6.04 Å². The zero-order valence-corrected chi connectivity index (χ0v) is 10.2. The van der Waals surface area contributed by atoms with Crippen molar-refractivity contribution in [1.82, 2.24) is 10.4 Å². The van der Waals surface area contributed by atoms with Crippen LogP contribution in [-0.2, 0) is 6.42 Å². The minimum Gasteiger partial charge on any atom is -0.271 e. The number of aromatic nitrogens is 1. The lowest BCUT2D eigenvalue weighted by Crippen LogP contribution is -2.30. The zero-order chi connectivity index (χ0) is 13.0. The Balaban J connectivity index is 2.26. The molecule has 0 radical (unpaired) electrons. The summed E-state index contributed by atoms with van der Waals surface area (Å²) in [6.45, 7) is 1.94. The van der Waals surface area contributed by atoms with Crippen molar-refractivity contribution in [3.63, 3.8) is 0 Å². The normalized spacial score (nSPS) is 12.4. The highest BCUT2D eigenvalue weighted by molar-refractivity contribution is 5.30. The second-order valence-corrected chi connectivity index (χ2v) is 4.25. The molecule has 3 nitrogen and oxygen atoms in total. The van der Waals surface area contributed by atoms with Crippen molar-refractivity contribution in [3.05, 3.63) is 65.2 Å². The van der Waals surface area contributed by atoms with Gasteiger partial charge in [0.1, 0.15) is 5.82 Å². The molecule has 1 atom stereocenters. The van der Waals surface area contributed by atoms with Crippen LogP contribution in [0.25, 0.3) is 0 Å². The van der Waals surface area contributed by atoms with Crippen LogP contribution in [0.4, 0.5) is 4.39 Å². The summed E-state index contributed by atoms with van der Waals surface area (Å²) in [7, 11) is 0. The monoisotopic (exact) mass is 245 g/mol. The van der Waals surface area contributed by atoms with Crippen molar-refractivity contribution in [2.75, 3.05) is 0 Å². The highest BCUT2D eigenvalue weighted by Crippen LogP contribution is 2.21. The molecule has 0 bridgehead atoms. The van der Waals surface area contributed by atoms with E-state index in [9.17, 15) is 4.39 Å². The molecule has 0 saturated heterocycles. The first-order valence-corrected chi connectivity index (χ1v) is 5.83. The van der Waals surface area contributed by atoms with Gasteiger partial charge in [-0.05, 0) is 42.3 Å². The number of hydrogen-bond donors (Lipinski definition) is 2. The molecule has 0 spiro atoms. The van der Waals surface area contributed by atoms with Crippen LogP contribution in [0, 0.1) is 12.7 Å². The number of benzene rings is 1. The third kappa shape index (κ3) is 2.91. The van der Waals surface area contributed by atoms with Crippen LogP contribution in [0.2, 0.25) is 0 Å². The smallest absolute Gasteiger partial charge is 0.123 e. The summed E-state index contributed by atoms with van der Waals surface area (Å²) < 4.78 is 13.3. The van der Waals surface area contributed by atoms with E-state index < -0.39 is 0 Å². The van der Waals surface area contributed by atoms with Gasteiger partial charge in [-0.25, -0.2) is 4.39 Å². The van der Waals surface area contributed by atoms with Crippen molar-refractivity contribution in [1.29, 1.82) is 0 Å². The number of aryl methyl sites for hydroxylation is 1. The first kappa shape index (κ1) is 12.7. The molecule has 1 unspecified atom stereocenters. The number of hydrogen-bond acceptors (Lipinski definition) is 3. The van der Waals surface area contributed by atoms with Crippen molar-refractivity contribution in [2.24, 2.45) is 5.84 Å². The van der Waals surface area contributed by atoms with Gasteiger partial charge < -0.3 is 0 Å². The first-order chi connectivity index (χ1) is 8.70. The molecule has 0 aliphatic carbocycles. The standard InChI is InChI=1S/C14H16FN3/c1-10-5-6-11(15)8-13(10)14(18-16)9-12-4-2-3-7-17-12/h2-8,14,18H,9,16H2,1H3. The molecule has 4 heteroatoms. The van der Waals surface area contributed by atoms with Gasteiger partial charge in [-0.1, -0.05) is 12.1 Å². The number of rotatable bonds is 4. The van der Waals surface area contributed by atoms with Gasteiger partial charge in [0, 0.05) is 18.3 Å². The predicted molar refractivity (Wildman–Crippen MR) is 69.1 cm³/mol. The third-order valence-electron chi connectivity index (χ3n) is 2.96. The molecule has 18 heavy (non-hydrogen) atoms. The number of halogens is 1. The minimum atomic E-state index is -0.253. The van der Waals surface area contributed by atoms with Crippen LogP contribution in [0.1, 0.15) is 22.9 Å². The number of pyridine rings is 1. The van der Waals surface area contributed by atoms with E-state index >= 15 is 0 Å². The van der Waals surface area contributed by atoms with Crippen LogP contribution < -0.4 is 11.3 Å². The summed E-state index contributed by atoms with van der Waals surface area (Å²) in [5.41, 5.74) is 5.52. The molecule has 0 amide bonds. The predicted octanol–water partition coefficient (Wildman–Crippen LogP) is 2.28. The average molecular weight is 245 g/mol. The fourth-order valence-electron chi connectivity index (χ4n) is 1.97. The van der Waals surface area contributed by atoms with E-state index in [0.29, 0.717) is 6.42 Å². The van der Waals surface area contributed by atoms with Crippen molar-refractivity contribution in [2.45, 2.75) is 19.4 Å². The van der Waals surface area contributed by atoms with Crippen LogP contribution in [0.15, 0.2) is 42.6 Å². The summed E-state index contributed by atoms with van der Waals surface area (Å²) >= 11 is 0. The summed E-state index contributed by atoms with van der Waals surface area (Å²) in [5, 5.41) is 0. The lowest BCUT2D eigenvalue weighted by Gasteiger charge is -2.18. The number of nitrogens with zero attached hydrogens (tertiary/aromatic N) is 1. The van der Waals surface area contributed by atoms with Gasteiger partial charge in [-0.2, -0.15) is 0 Å². The van der Waals surface area contributed by atoms with Gasteiger partial charge in [0.2, 0.25) is 0 Å². The number of nitrogens with two attached hydrogens (primary N) is 1. The van der Waals surface area contributed by atoms with Gasteiger partial charge in [-0.15, -0.1) is 0 Å². The molecule has 1 aromatic heterocycles. The van der Waals surface area contributed by atoms with E-state index in [0.717, 1.165) is 16.8 Å². The van der Waals surface area contributed by atoms with E-state index in [4.69, 9.17) is 5.84 Å². The topological polar surface area (TPSA) is 50.9 Å². The summed E-state index contributed by atoms with van der Waals surface area (Å²) in [6.07, 6.45) is 2.36. The Hall–Kier alpha value is -1.78. The fourth-order valence-corrected chi connectivity index (χ4v) is 1.97. The quantitative estimate of drug-likeness (QED) is 0.642. The Bertz CT molecular complexity index is 514. The number of hydrazine groups is 1.